The summed E-state index contributed by atoms with van der Waals surface area (Å²) in [5, 5.41) is 2.82. The van der Waals surface area contributed by atoms with E-state index in [0.29, 0.717) is 5.56 Å². The highest BCUT2D eigenvalue weighted by Gasteiger charge is 2.34. The van der Waals surface area contributed by atoms with Crippen molar-refractivity contribution in [2.75, 3.05) is 0 Å². The maximum Gasteiger partial charge on any atom is 0.253 e. The first-order chi connectivity index (χ1) is 6.27. The van der Waals surface area contributed by atoms with Crippen molar-refractivity contribution in [3.05, 3.63) is 30.1 Å². The highest BCUT2D eigenvalue weighted by molar-refractivity contribution is 5.94. The molecule has 3 N–H and O–H groups in total. The zero-order valence-corrected chi connectivity index (χ0v) is 7.10. The van der Waals surface area contributed by atoms with Gasteiger partial charge in [0, 0.05) is 24.5 Å². The van der Waals surface area contributed by atoms with E-state index in [0.717, 1.165) is 6.42 Å². The highest BCUT2D eigenvalue weighted by Crippen LogP contribution is 2.18. The third kappa shape index (κ3) is 1.84. The molecule has 2 atom stereocenters. The predicted molar refractivity (Wildman–Crippen MR) is 48.1 cm³/mol. The Morgan fingerprint density at radius 2 is 2.46 bits per heavy atom. The molecule has 1 amide bonds. The average molecular weight is 177 g/mol. The molecule has 0 bridgehead atoms. The van der Waals surface area contributed by atoms with Crippen LogP contribution in [0.2, 0.25) is 0 Å². The first-order valence-corrected chi connectivity index (χ1v) is 4.24. The molecule has 4 nitrogen and oxygen atoms in total. The van der Waals surface area contributed by atoms with E-state index in [9.17, 15) is 4.79 Å². The minimum atomic E-state index is -0.0916. The number of pyridine rings is 1. The van der Waals surface area contributed by atoms with Gasteiger partial charge in [0.1, 0.15) is 0 Å². The zero-order chi connectivity index (χ0) is 9.26. The minimum Gasteiger partial charge on any atom is -0.348 e. The molecular weight excluding hydrogens is 166 g/mol. The Balaban J connectivity index is 1.98. The van der Waals surface area contributed by atoms with Gasteiger partial charge in [-0.15, -0.1) is 0 Å². The van der Waals surface area contributed by atoms with Crippen LogP contribution in [0.15, 0.2) is 24.5 Å². The predicted octanol–water partition coefficient (Wildman–Crippen LogP) is -0.0890. The second kappa shape index (κ2) is 3.14. The zero-order valence-electron chi connectivity index (χ0n) is 7.10. The van der Waals surface area contributed by atoms with Gasteiger partial charge in [0.15, 0.2) is 0 Å². The summed E-state index contributed by atoms with van der Waals surface area (Å²) in [6.07, 6.45) is 4.06. The van der Waals surface area contributed by atoms with Crippen molar-refractivity contribution < 1.29 is 4.79 Å². The fourth-order valence-electron chi connectivity index (χ4n) is 1.13. The van der Waals surface area contributed by atoms with Crippen LogP contribution in [0.4, 0.5) is 0 Å². The Labute approximate surface area is 76.2 Å². The number of nitrogens with one attached hydrogen (secondary N) is 1. The van der Waals surface area contributed by atoms with E-state index >= 15 is 0 Å². The van der Waals surface area contributed by atoms with Gasteiger partial charge in [-0.3, -0.25) is 9.78 Å². The molecule has 0 radical (unpaired) electrons. The Morgan fingerprint density at radius 3 is 3.00 bits per heavy atom. The summed E-state index contributed by atoms with van der Waals surface area (Å²) in [7, 11) is 0. The van der Waals surface area contributed by atoms with E-state index in [4.69, 9.17) is 5.73 Å². The van der Waals surface area contributed by atoms with Crippen LogP contribution in [0.1, 0.15) is 16.8 Å². The molecule has 1 aromatic heterocycles. The van der Waals surface area contributed by atoms with Crippen molar-refractivity contribution in [1.29, 1.82) is 0 Å². The van der Waals surface area contributed by atoms with Gasteiger partial charge in [0.25, 0.3) is 5.91 Å². The van der Waals surface area contributed by atoms with E-state index in [-0.39, 0.29) is 18.0 Å². The standard InChI is InChI=1S/C9H11N3O/c10-7-4-8(7)12-9(13)6-2-1-3-11-5-6/h1-3,5,7-8H,4,10H2,(H,12,13). The summed E-state index contributed by atoms with van der Waals surface area (Å²) < 4.78 is 0. The van der Waals surface area contributed by atoms with Crippen LogP contribution in [-0.4, -0.2) is 23.0 Å². The molecule has 2 rings (SSSR count). The Hall–Kier alpha value is -1.42. The van der Waals surface area contributed by atoms with Gasteiger partial charge in [0.05, 0.1) is 5.56 Å². The number of rotatable bonds is 2. The van der Waals surface area contributed by atoms with Crippen LogP contribution in [0.25, 0.3) is 0 Å². The van der Waals surface area contributed by atoms with Crippen molar-refractivity contribution in [2.24, 2.45) is 5.73 Å². The van der Waals surface area contributed by atoms with Crippen molar-refractivity contribution in [3.8, 4) is 0 Å². The van der Waals surface area contributed by atoms with Gasteiger partial charge in [-0.05, 0) is 18.6 Å². The molecule has 2 unspecified atom stereocenters. The second-order valence-electron chi connectivity index (χ2n) is 3.22. The number of carbonyl (C=O) groups excluding carboxylic acids is 1. The fourth-order valence-corrected chi connectivity index (χ4v) is 1.13. The molecule has 1 saturated carbocycles. The van der Waals surface area contributed by atoms with Crippen molar-refractivity contribution in [2.45, 2.75) is 18.5 Å². The monoisotopic (exact) mass is 177 g/mol. The van der Waals surface area contributed by atoms with Crippen LogP contribution < -0.4 is 11.1 Å². The summed E-state index contributed by atoms with van der Waals surface area (Å²) in [5.41, 5.74) is 6.15. The summed E-state index contributed by atoms with van der Waals surface area (Å²) in [6.45, 7) is 0. The van der Waals surface area contributed by atoms with Gasteiger partial charge >= 0.3 is 0 Å². The molecule has 1 heterocycles. The van der Waals surface area contributed by atoms with Gasteiger partial charge in [-0.25, -0.2) is 0 Å². The van der Waals surface area contributed by atoms with Crippen LogP contribution in [0, 0.1) is 0 Å². The van der Waals surface area contributed by atoms with E-state index in [2.05, 4.69) is 10.3 Å². The van der Waals surface area contributed by atoms with Crippen LogP contribution >= 0.6 is 0 Å². The number of hydrogen-bond donors (Lipinski definition) is 2. The fraction of sp³-hybridized carbons (Fsp3) is 0.333. The van der Waals surface area contributed by atoms with Gasteiger partial charge in [-0.2, -0.15) is 0 Å². The quantitative estimate of drug-likeness (QED) is 0.663. The molecule has 1 aromatic rings. The van der Waals surface area contributed by atoms with Crippen molar-refractivity contribution in [3.63, 3.8) is 0 Å². The topological polar surface area (TPSA) is 68.0 Å². The normalized spacial score (nSPS) is 25.3. The van der Waals surface area contributed by atoms with E-state index in [1.165, 1.54) is 0 Å². The Morgan fingerprint density at radius 1 is 1.69 bits per heavy atom. The minimum absolute atomic E-state index is 0.0916. The van der Waals surface area contributed by atoms with E-state index < -0.39 is 0 Å². The molecule has 0 spiro atoms. The first-order valence-electron chi connectivity index (χ1n) is 4.24. The van der Waals surface area contributed by atoms with Crippen LogP contribution in [0.3, 0.4) is 0 Å². The van der Waals surface area contributed by atoms with Gasteiger partial charge in [-0.1, -0.05) is 0 Å². The lowest BCUT2D eigenvalue weighted by atomic mass is 10.3. The summed E-state index contributed by atoms with van der Waals surface area (Å²) >= 11 is 0. The number of nitrogens with two attached hydrogens (primary N) is 1. The number of aromatic nitrogens is 1. The van der Waals surface area contributed by atoms with E-state index in [1.54, 1.807) is 24.5 Å². The third-order valence-corrected chi connectivity index (χ3v) is 2.08. The molecule has 0 aliphatic heterocycles. The molecular formula is C9H11N3O. The van der Waals surface area contributed by atoms with Crippen LogP contribution in [0.5, 0.6) is 0 Å². The SMILES string of the molecule is NC1CC1NC(=O)c1cccnc1. The second-order valence-corrected chi connectivity index (χ2v) is 3.22. The molecule has 13 heavy (non-hydrogen) atoms. The Kier molecular flexibility index (Phi) is 1.98. The lowest BCUT2D eigenvalue weighted by molar-refractivity contribution is 0.0950. The first kappa shape index (κ1) is 8.19. The average Bonchev–Trinajstić information content (AvgIpc) is 2.83. The van der Waals surface area contributed by atoms with Crippen LogP contribution in [-0.2, 0) is 0 Å². The van der Waals surface area contributed by atoms with Gasteiger partial charge < -0.3 is 11.1 Å². The van der Waals surface area contributed by atoms with Crippen molar-refractivity contribution in [1.82, 2.24) is 10.3 Å². The summed E-state index contributed by atoms with van der Waals surface area (Å²) in [6, 6.07) is 3.77. The highest BCUT2D eigenvalue weighted by atomic mass is 16.1. The molecule has 68 valence electrons. The van der Waals surface area contributed by atoms with Gasteiger partial charge in [0.2, 0.25) is 0 Å². The maximum absolute atomic E-state index is 11.4. The number of nitrogens with zero attached hydrogens (tertiary/aromatic N) is 1. The number of carbonyl (C=O) groups is 1. The van der Waals surface area contributed by atoms with E-state index in [1.807, 2.05) is 0 Å². The summed E-state index contributed by atoms with van der Waals surface area (Å²) in [5.74, 6) is -0.0916. The number of hydrogen-bond acceptors (Lipinski definition) is 3. The lowest BCUT2D eigenvalue weighted by Gasteiger charge is -2.01. The smallest absolute Gasteiger partial charge is 0.253 e. The lowest BCUT2D eigenvalue weighted by Crippen LogP contribution is -2.29. The third-order valence-electron chi connectivity index (χ3n) is 2.08. The number of amides is 1. The molecule has 1 aliphatic rings. The molecule has 0 aromatic carbocycles. The molecule has 1 fully saturated rings. The Bertz CT molecular complexity index is 312. The molecule has 1 aliphatic carbocycles. The molecule has 0 saturated heterocycles. The molecule has 4 heteroatoms. The summed E-state index contributed by atoms with van der Waals surface area (Å²) in [4.78, 5) is 15.3. The van der Waals surface area contributed by atoms with Crippen molar-refractivity contribution >= 4 is 5.91 Å². The maximum atomic E-state index is 11.4. The largest absolute Gasteiger partial charge is 0.348 e.